The van der Waals surface area contributed by atoms with Gasteiger partial charge >= 0.3 is 0 Å². The molecular formula is C19H21ClFN3O3. The van der Waals surface area contributed by atoms with Gasteiger partial charge in [-0.05, 0) is 23.8 Å². The zero-order valence-electron chi connectivity index (χ0n) is 14.7. The molecule has 2 atom stereocenters. The minimum atomic E-state index is -0.485. The number of pyridine rings is 1. The molecule has 0 unspecified atom stereocenters. The van der Waals surface area contributed by atoms with Crippen molar-refractivity contribution in [2.45, 2.75) is 6.10 Å². The maximum atomic E-state index is 13.8. The molecule has 0 radical (unpaired) electrons. The van der Waals surface area contributed by atoms with E-state index in [2.05, 4.69) is 15.6 Å². The van der Waals surface area contributed by atoms with Crippen molar-refractivity contribution >= 4 is 17.5 Å². The molecule has 1 saturated heterocycles. The number of halogens is 2. The van der Waals surface area contributed by atoms with E-state index in [-0.39, 0.29) is 29.6 Å². The lowest BCUT2D eigenvalue weighted by Gasteiger charge is -2.25. The first kappa shape index (κ1) is 19.5. The molecule has 1 aromatic heterocycles. The summed E-state index contributed by atoms with van der Waals surface area (Å²) in [5.41, 5.74) is 0.699. The maximum Gasteiger partial charge on any atom is 0.258 e. The Bertz CT molecular complexity index is 763. The third-order valence-electron chi connectivity index (χ3n) is 4.23. The average Bonchev–Trinajstić information content (AvgIpc) is 2.93. The lowest BCUT2D eigenvalue weighted by molar-refractivity contribution is -0.123. The highest BCUT2D eigenvalue weighted by Gasteiger charge is 2.27. The maximum absolute atomic E-state index is 13.8. The van der Waals surface area contributed by atoms with E-state index in [9.17, 15) is 9.18 Å². The van der Waals surface area contributed by atoms with Crippen molar-refractivity contribution in [1.82, 2.24) is 15.6 Å². The van der Waals surface area contributed by atoms with Gasteiger partial charge in [0.1, 0.15) is 5.82 Å². The summed E-state index contributed by atoms with van der Waals surface area (Å²) < 4.78 is 25.1. The van der Waals surface area contributed by atoms with Crippen LogP contribution in [0.4, 0.5) is 4.39 Å². The van der Waals surface area contributed by atoms with Crippen LogP contribution < -0.4 is 15.4 Å². The molecule has 1 aliphatic heterocycles. The van der Waals surface area contributed by atoms with Crippen molar-refractivity contribution in [1.29, 1.82) is 0 Å². The van der Waals surface area contributed by atoms with Crippen LogP contribution in [-0.4, -0.2) is 43.7 Å². The highest BCUT2D eigenvalue weighted by Crippen LogP contribution is 2.29. The third-order valence-corrected chi connectivity index (χ3v) is 4.54. The van der Waals surface area contributed by atoms with Gasteiger partial charge in [0.05, 0.1) is 17.7 Å². The van der Waals surface area contributed by atoms with E-state index in [1.807, 2.05) is 0 Å². The molecular weight excluding hydrogens is 373 g/mol. The molecule has 1 aliphatic rings. The van der Waals surface area contributed by atoms with Gasteiger partial charge in [-0.25, -0.2) is 9.37 Å². The molecule has 0 bridgehead atoms. The SMILES string of the molecule is O=C(COc1ccccn1)NC[C@@H]1CNCCO[C@H]1c1ccc(Cl)c(F)c1. The van der Waals surface area contributed by atoms with E-state index in [0.29, 0.717) is 37.7 Å². The van der Waals surface area contributed by atoms with Gasteiger partial charge in [-0.2, -0.15) is 0 Å². The molecule has 6 nitrogen and oxygen atoms in total. The Kier molecular flexibility index (Phi) is 6.98. The van der Waals surface area contributed by atoms with Gasteiger partial charge in [0, 0.05) is 37.8 Å². The number of ether oxygens (including phenoxy) is 2. The Labute approximate surface area is 162 Å². The number of nitrogens with one attached hydrogen (secondary N) is 2. The van der Waals surface area contributed by atoms with Crippen LogP contribution in [-0.2, 0) is 9.53 Å². The van der Waals surface area contributed by atoms with Crippen LogP contribution in [0.5, 0.6) is 5.88 Å². The normalized spacial score (nSPS) is 19.9. The number of nitrogens with zero attached hydrogens (tertiary/aromatic N) is 1. The standard InChI is InChI=1S/C19H21ClFN3O3/c20-15-5-4-13(9-16(15)21)19-14(10-22-7-8-26-19)11-24-17(25)12-27-18-3-1-2-6-23-18/h1-6,9,14,19,22H,7-8,10-12H2,(H,24,25)/t14-,19-/m0/s1. The Morgan fingerprint density at radius 2 is 2.30 bits per heavy atom. The molecule has 2 N–H and O–H groups in total. The first-order valence-corrected chi connectivity index (χ1v) is 9.09. The number of carbonyl (C=O) groups excluding carboxylic acids is 1. The van der Waals surface area contributed by atoms with E-state index in [1.165, 1.54) is 12.1 Å². The van der Waals surface area contributed by atoms with E-state index in [4.69, 9.17) is 21.1 Å². The Hall–Kier alpha value is -2.22. The molecule has 27 heavy (non-hydrogen) atoms. The van der Waals surface area contributed by atoms with Gasteiger partial charge in [-0.15, -0.1) is 0 Å². The minimum absolute atomic E-state index is 0.0631. The fraction of sp³-hybridized carbons (Fsp3) is 0.368. The number of rotatable bonds is 6. The predicted molar refractivity (Wildman–Crippen MR) is 99.2 cm³/mol. The van der Waals surface area contributed by atoms with Gasteiger partial charge in [-0.3, -0.25) is 4.79 Å². The molecule has 8 heteroatoms. The highest BCUT2D eigenvalue weighted by atomic mass is 35.5. The smallest absolute Gasteiger partial charge is 0.258 e. The van der Waals surface area contributed by atoms with Crippen LogP contribution in [0.15, 0.2) is 42.6 Å². The largest absolute Gasteiger partial charge is 0.468 e. The van der Waals surface area contributed by atoms with Crippen LogP contribution in [0, 0.1) is 11.7 Å². The molecule has 0 saturated carbocycles. The number of benzene rings is 1. The van der Waals surface area contributed by atoms with E-state index in [1.54, 1.807) is 30.5 Å². The fourth-order valence-corrected chi connectivity index (χ4v) is 3.01. The molecule has 144 valence electrons. The summed E-state index contributed by atoms with van der Waals surface area (Å²) in [6.45, 7) is 2.07. The number of aromatic nitrogens is 1. The summed E-state index contributed by atoms with van der Waals surface area (Å²) in [6, 6.07) is 9.89. The van der Waals surface area contributed by atoms with Crippen LogP contribution in [0.3, 0.4) is 0 Å². The highest BCUT2D eigenvalue weighted by molar-refractivity contribution is 6.30. The monoisotopic (exact) mass is 393 g/mol. The molecule has 1 fully saturated rings. The predicted octanol–water partition coefficient (Wildman–Crippen LogP) is 2.35. The van der Waals surface area contributed by atoms with Crippen LogP contribution in [0.1, 0.15) is 11.7 Å². The minimum Gasteiger partial charge on any atom is -0.468 e. The summed E-state index contributed by atoms with van der Waals surface area (Å²) >= 11 is 5.77. The average molecular weight is 394 g/mol. The number of carbonyl (C=O) groups is 1. The molecule has 1 amide bonds. The second-order valence-electron chi connectivity index (χ2n) is 6.19. The summed E-state index contributed by atoms with van der Waals surface area (Å²) in [6.07, 6.45) is 1.25. The van der Waals surface area contributed by atoms with Crippen LogP contribution in [0.25, 0.3) is 0 Å². The lowest BCUT2D eigenvalue weighted by Crippen LogP contribution is -2.38. The molecule has 2 heterocycles. The van der Waals surface area contributed by atoms with E-state index < -0.39 is 5.82 Å². The molecule has 0 aliphatic carbocycles. The van der Waals surface area contributed by atoms with Crippen molar-refractivity contribution in [3.8, 4) is 5.88 Å². The van der Waals surface area contributed by atoms with Gasteiger partial charge < -0.3 is 20.1 Å². The number of hydrogen-bond acceptors (Lipinski definition) is 5. The first-order chi connectivity index (χ1) is 13.1. The molecule has 1 aromatic carbocycles. The van der Waals surface area contributed by atoms with Gasteiger partial charge in [0.15, 0.2) is 6.61 Å². The van der Waals surface area contributed by atoms with Crippen LogP contribution >= 0.6 is 11.6 Å². The topological polar surface area (TPSA) is 72.5 Å². The fourth-order valence-electron chi connectivity index (χ4n) is 2.89. The summed E-state index contributed by atoms with van der Waals surface area (Å²) in [7, 11) is 0. The summed E-state index contributed by atoms with van der Waals surface area (Å²) in [5.74, 6) is -0.416. The van der Waals surface area contributed by atoms with Gasteiger partial charge in [-0.1, -0.05) is 23.7 Å². The first-order valence-electron chi connectivity index (χ1n) is 8.71. The zero-order chi connectivity index (χ0) is 19.1. The summed E-state index contributed by atoms with van der Waals surface area (Å²) in [4.78, 5) is 16.1. The zero-order valence-corrected chi connectivity index (χ0v) is 15.4. The Morgan fingerprint density at radius 1 is 1.41 bits per heavy atom. The van der Waals surface area contributed by atoms with Crippen molar-refractivity contribution in [2.75, 3.05) is 32.8 Å². The molecule has 3 rings (SSSR count). The van der Waals surface area contributed by atoms with Gasteiger partial charge in [0.25, 0.3) is 5.91 Å². The summed E-state index contributed by atoms with van der Waals surface area (Å²) in [5, 5.41) is 6.18. The van der Waals surface area contributed by atoms with Crippen molar-refractivity contribution in [3.63, 3.8) is 0 Å². The quantitative estimate of drug-likeness (QED) is 0.788. The molecule has 2 aromatic rings. The number of hydrogen-bond donors (Lipinski definition) is 2. The van der Waals surface area contributed by atoms with Crippen molar-refractivity contribution in [2.24, 2.45) is 5.92 Å². The molecule has 0 spiro atoms. The lowest BCUT2D eigenvalue weighted by atomic mass is 9.95. The van der Waals surface area contributed by atoms with Crippen LogP contribution in [0.2, 0.25) is 5.02 Å². The second kappa shape index (κ2) is 9.64. The van der Waals surface area contributed by atoms with Gasteiger partial charge in [0.2, 0.25) is 5.88 Å². The Morgan fingerprint density at radius 3 is 3.07 bits per heavy atom. The second-order valence-corrected chi connectivity index (χ2v) is 6.60. The van der Waals surface area contributed by atoms with Crippen molar-refractivity contribution in [3.05, 3.63) is 59.0 Å². The van der Waals surface area contributed by atoms with E-state index in [0.717, 1.165) is 0 Å². The van der Waals surface area contributed by atoms with Crippen molar-refractivity contribution < 1.29 is 18.7 Å². The Balaban J connectivity index is 1.58. The third kappa shape index (κ3) is 5.63. The van der Waals surface area contributed by atoms with E-state index >= 15 is 0 Å². The number of amides is 1.